The summed E-state index contributed by atoms with van der Waals surface area (Å²) in [7, 11) is -4.91. The quantitative estimate of drug-likeness (QED) is 0.487. The molecule has 1 aromatic carbocycles. The van der Waals surface area contributed by atoms with Gasteiger partial charge in [0.15, 0.2) is 4.90 Å². The van der Waals surface area contributed by atoms with E-state index in [0.29, 0.717) is 0 Å². The summed E-state index contributed by atoms with van der Waals surface area (Å²) in [4.78, 5) is 17.8. The third kappa shape index (κ3) is 2.37. The van der Waals surface area contributed by atoms with Gasteiger partial charge in [0.05, 0.1) is 9.85 Å². The second kappa shape index (κ2) is 4.07. The van der Waals surface area contributed by atoms with Crippen LogP contribution < -0.4 is 0 Å². The number of nitro benzene ring substituents is 2. The molecule has 0 aromatic heterocycles. The van der Waals surface area contributed by atoms with Crippen molar-refractivity contribution in [2.75, 3.05) is 0 Å². The Morgan fingerprint density at radius 2 is 1.71 bits per heavy atom. The Morgan fingerprint density at radius 1 is 1.18 bits per heavy atom. The second-order valence-electron chi connectivity index (χ2n) is 3.07. The third-order valence-corrected chi connectivity index (χ3v) is 2.98. The minimum Gasteiger partial charge on any atom is -0.282 e. The van der Waals surface area contributed by atoms with Gasteiger partial charge >= 0.3 is 21.5 Å². The highest BCUT2D eigenvalue weighted by Gasteiger charge is 2.35. The Bertz CT molecular complexity index is 607. The number of hydrogen-bond donors (Lipinski definition) is 1. The summed E-state index contributed by atoms with van der Waals surface area (Å²) in [6.45, 7) is 1.18. The second-order valence-corrected chi connectivity index (χ2v) is 4.43. The highest BCUT2D eigenvalue weighted by Crippen LogP contribution is 2.35. The van der Waals surface area contributed by atoms with Crippen LogP contribution in [0.5, 0.6) is 0 Å². The lowest BCUT2D eigenvalue weighted by molar-refractivity contribution is -0.424. The first-order chi connectivity index (χ1) is 7.66. The Hall–Kier alpha value is -2.07. The lowest BCUT2D eigenvalue weighted by Crippen LogP contribution is -2.08. The van der Waals surface area contributed by atoms with Gasteiger partial charge in [0.2, 0.25) is 0 Å². The molecule has 9 nitrogen and oxygen atoms in total. The molecule has 0 bridgehead atoms. The summed E-state index contributed by atoms with van der Waals surface area (Å²) in [6, 6.07) is 1.82. The van der Waals surface area contributed by atoms with Gasteiger partial charge in [-0.05, 0) is 12.5 Å². The summed E-state index contributed by atoms with van der Waals surface area (Å²) in [5.74, 6) is 0. The molecule has 0 amide bonds. The molecule has 17 heavy (non-hydrogen) atoms. The molecule has 10 heteroatoms. The first kappa shape index (κ1) is 13.0. The van der Waals surface area contributed by atoms with Gasteiger partial charge in [-0.3, -0.25) is 24.8 Å². The first-order valence-electron chi connectivity index (χ1n) is 4.06. The predicted molar refractivity (Wildman–Crippen MR) is 54.3 cm³/mol. The molecular formula is C7H6N2O7S. The largest absolute Gasteiger partial charge is 0.367 e. The molecule has 0 spiro atoms. The molecule has 0 saturated carbocycles. The predicted octanol–water partition coefficient (Wildman–Crippen LogP) is 1.06. The van der Waals surface area contributed by atoms with Crippen LogP contribution in [0.25, 0.3) is 0 Å². The van der Waals surface area contributed by atoms with Crippen molar-refractivity contribution < 1.29 is 22.8 Å². The van der Waals surface area contributed by atoms with Crippen LogP contribution in [0.1, 0.15) is 5.56 Å². The van der Waals surface area contributed by atoms with Crippen molar-refractivity contribution in [3.05, 3.63) is 37.9 Å². The van der Waals surface area contributed by atoms with Crippen molar-refractivity contribution >= 4 is 21.5 Å². The maximum Gasteiger partial charge on any atom is 0.367 e. The minimum atomic E-state index is -4.91. The molecule has 0 saturated heterocycles. The van der Waals surface area contributed by atoms with Gasteiger partial charge in [-0.15, -0.1) is 0 Å². The van der Waals surface area contributed by atoms with E-state index in [9.17, 15) is 28.6 Å². The molecule has 0 aliphatic rings. The maximum absolute atomic E-state index is 11.0. The Balaban J connectivity index is 3.86. The maximum atomic E-state index is 11.0. The van der Waals surface area contributed by atoms with Crippen LogP contribution in [0, 0.1) is 27.2 Å². The van der Waals surface area contributed by atoms with Crippen molar-refractivity contribution in [3.8, 4) is 0 Å². The van der Waals surface area contributed by atoms with Crippen LogP contribution in [0.15, 0.2) is 17.0 Å². The van der Waals surface area contributed by atoms with Crippen molar-refractivity contribution in [2.24, 2.45) is 0 Å². The number of hydrogen-bond acceptors (Lipinski definition) is 6. The fraction of sp³-hybridized carbons (Fsp3) is 0.143. The summed E-state index contributed by atoms with van der Waals surface area (Å²) < 4.78 is 30.8. The summed E-state index contributed by atoms with van der Waals surface area (Å²) in [5, 5.41) is 21.2. The van der Waals surface area contributed by atoms with E-state index in [2.05, 4.69) is 0 Å². The lowest BCUT2D eigenvalue weighted by Gasteiger charge is -2.03. The van der Waals surface area contributed by atoms with E-state index in [0.717, 1.165) is 12.1 Å². The zero-order valence-corrected chi connectivity index (χ0v) is 9.17. The van der Waals surface area contributed by atoms with Gasteiger partial charge in [-0.2, -0.15) is 8.42 Å². The molecule has 1 aromatic rings. The fourth-order valence-electron chi connectivity index (χ4n) is 1.31. The Labute approximate surface area is 94.7 Å². The lowest BCUT2D eigenvalue weighted by atomic mass is 10.2. The van der Waals surface area contributed by atoms with Crippen molar-refractivity contribution in [2.45, 2.75) is 11.8 Å². The molecule has 0 radical (unpaired) electrons. The SMILES string of the molecule is Cc1ccc([N+](=O)[O-])c([N+](=O)[O-])c1S(=O)(=O)O. The molecule has 1 rings (SSSR count). The zero-order valence-electron chi connectivity index (χ0n) is 8.35. The van der Waals surface area contributed by atoms with Gasteiger partial charge in [-0.1, -0.05) is 6.07 Å². The molecule has 1 N–H and O–H groups in total. The van der Waals surface area contributed by atoms with E-state index >= 15 is 0 Å². The van der Waals surface area contributed by atoms with E-state index in [-0.39, 0.29) is 5.56 Å². The van der Waals surface area contributed by atoms with Crippen LogP contribution >= 0.6 is 0 Å². The smallest absolute Gasteiger partial charge is 0.282 e. The van der Waals surface area contributed by atoms with Crippen LogP contribution in [-0.2, 0) is 10.1 Å². The number of nitro groups is 2. The number of rotatable bonds is 3. The molecular weight excluding hydrogens is 256 g/mol. The van der Waals surface area contributed by atoms with Gasteiger partial charge in [0.25, 0.3) is 0 Å². The highest BCUT2D eigenvalue weighted by atomic mass is 32.2. The molecule has 0 heterocycles. The van der Waals surface area contributed by atoms with E-state index in [1.807, 2.05) is 0 Å². The average molecular weight is 262 g/mol. The number of nitrogens with zero attached hydrogens (tertiary/aromatic N) is 2. The highest BCUT2D eigenvalue weighted by molar-refractivity contribution is 7.86. The van der Waals surface area contributed by atoms with Crippen molar-refractivity contribution in [1.82, 2.24) is 0 Å². The van der Waals surface area contributed by atoms with Crippen LogP contribution in [-0.4, -0.2) is 22.8 Å². The summed E-state index contributed by atoms with van der Waals surface area (Å²) in [6.07, 6.45) is 0. The summed E-state index contributed by atoms with van der Waals surface area (Å²) >= 11 is 0. The van der Waals surface area contributed by atoms with Crippen molar-refractivity contribution in [1.29, 1.82) is 0 Å². The van der Waals surface area contributed by atoms with Gasteiger partial charge in [0.1, 0.15) is 0 Å². The van der Waals surface area contributed by atoms with E-state index in [4.69, 9.17) is 4.55 Å². The molecule has 92 valence electrons. The van der Waals surface area contributed by atoms with Crippen LogP contribution in [0.3, 0.4) is 0 Å². The van der Waals surface area contributed by atoms with Gasteiger partial charge in [0, 0.05) is 6.07 Å². The normalized spacial score (nSPS) is 11.2. The zero-order chi connectivity index (χ0) is 13.4. The molecule has 0 atom stereocenters. The molecule has 0 unspecified atom stereocenters. The summed E-state index contributed by atoms with van der Waals surface area (Å²) in [5.41, 5.74) is -2.38. The Kier molecular flexibility index (Phi) is 3.11. The molecule has 0 aliphatic carbocycles. The molecule has 0 fully saturated rings. The van der Waals surface area contributed by atoms with E-state index in [1.54, 1.807) is 0 Å². The average Bonchev–Trinajstić information content (AvgIpc) is 2.14. The fourth-order valence-corrected chi connectivity index (χ4v) is 2.21. The number of aryl methyl sites for hydroxylation is 1. The molecule has 0 aliphatic heterocycles. The topological polar surface area (TPSA) is 141 Å². The third-order valence-electron chi connectivity index (χ3n) is 1.94. The van der Waals surface area contributed by atoms with Crippen molar-refractivity contribution in [3.63, 3.8) is 0 Å². The first-order valence-corrected chi connectivity index (χ1v) is 5.50. The minimum absolute atomic E-state index is 0.148. The van der Waals surface area contributed by atoms with E-state index in [1.165, 1.54) is 6.92 Å². The standard InChI is InChI=1S/C7H6N2O7S/c1-4-2-3-5(8(10)11)6(9(12)13)7(4)17(14,15)16/h2-3H,1H3,(H,14,15,16). The van der Waals surface area contributed by atoms with Gasteiger partial charge in [-0.25, -0.2) is 0 Å². The van der Waals surface area contributed by atoms with Gasteiger partial charge < -0.3 is 0 Å². The van der Waals surface area contributed by atoms with Crippen LogP contribution in [0.4, 0.5) is 11.4 Å². The van der Waals surface area contributed by atoms with E-state index < -0.39 is 36.2 Å². The monoisotopic (exact) mass is 262 g/mol. The Morgan fingerprint density at radius 3 is 2.06 bits per heavy atom. The number of benzene rings is 1. The van der Waals surface area contributed by atoms with Crippen LogP contribution in [0.2, 0.25) is 0 Å².